The molecule has 70 valence electrons. The minimum absolute atomic E-state index is 0.0394. The number of hydrogen-bond donors (Lipinski definition) is 0. The van der Waals surface area contributed by atoms with Gasteiger partial charge < -0.3 is 0 Å². The fourth-order valence-corrected chi connectivity index (χ4v) is 0. The van der Waals surface area contributed by atoms with E-state index in [1.807, 2.05) is 0 Å². The molecular weight excluding hydrogens is 320 g/mol. The second-order valence-electron chi connectivity index (χ2n) is 1.18. The lowest BCUT2D eigenvalue weighted by Gasteiger charge is -2.00. The first-order chi connectivity index (χ1) is 4.56. The molecule has 0 aromatic carbocycles. The molecule has 0 aliphatic rings. The number of rotatable bonds is 0. The van der Waals surface area contributed by atoms with Gasteiger partial charge in [0.15, 0.2) is 0 Å². The highest BCUT2D eigenvalue weighted by Crippen LogP contribution is 2.29. The predicted octanol–water partition coefficient (Wildman–Crippen LogP) is 5.15. The van der Waals surface area contributed by atoms with E-state index in [1.165, 1.54) is 0 Å². The minimum atomic E-state index is -1.61. The summed E-state index contributed by atoms with van der Waals surface area (Å²) in [6, 6.07) is 0. The Morgan fingerprint density at radius 2 is 0.818 bits per heavy atom. The number of hydrogen-bond acceptors (Lipinski definition) is 0. The molecule has 0 saturated heterocycles. The third-order valence-electron chi connectivity index (χ3n) is 0.152. The average Bonchev–Trinajstić information content (AvgIpc) is 1.59. The Hall–Kier alpha value is 2.32. The maximum Gasteiger partial charge on any atom is 0.266 e. The highest BCUT2D eigenvalue weighted by atomic mass is 35.6. The van der Waals surface area contributed by atoms with Crippen LogP contribution in [0, 0.1) is 0 Å². The Morgan fingerprint density at radius 3 is 0.818 bits per heavy atom. The van der Waals surface area contributed by atoms with Crippen molar-refractivity contribution in [2.75, 3.05) is 5.88 Å². The lowest BCUT2D eigenvalue weighted by molar-refractivity contribution is 1.28. The first-order valence-electron chi connectivity index (χ1n) is 1.94. The van der Waals surface area contributed by atoms with Gasteiger partial charge in [0.05, 0.1) is 5.88 Å². The summed E-state index contributed by atoms with van der Waals surface area (Å²) in [5, 5.41) is 0. The fourth-order valence-electron chi connectivity index (χ4n) is 0. The van der Waals surface area contributed by atoms with Gasteiger partial charge in [0, 0.05) is 0 Å². The number of alkyl halides is 8. The van der Waals surface area contributed by atoms with Crippen molar-refractivity contribution in [2.45, 2.75) is 7.04 Å². The maximum atomic E-state index is 5.12. The Kier molecular flexibility index (Phi) is 9.65. The van der Waals surface area contributed by atoms with E-state index in [-0.39, 0.29) is 5.88 Å². The van der Waals surface area contributed by atoms with E-state index < -0.39 is 7.04 Å². The summed E-state index contributed by atoms with van der Waals surface area (Å²) < 4.78 is -2.89. The zero-order valence-corrected chi connectivity index (χ0v) is 10.8. The summed E-state index contributed by atoms with van der Waals surface area (Å²) in [6.45, 7) is 0. The van der Waals surface area contributed by atoms with E-state index in [1.54, 1.807) is 0 Å². The highest BCUT2D eigenvalue weighted by molar-refractivity contribution is 6.83. The first kappa shape index (κ1) is 15.8. The lowest BCUT2D eigenvalue weighted by atomic mass is 10.9. The van der Waals surface area contributed by atoms with Crippen molar-refractivity contribution in [3.8, 4) is 0 Å². The molecule has 0 rings (SSSR count). The van der Waals surface area contributed by atoms with Crippen LogP contribution in [0.15, 0.2) is 0 Å². The van der Waals surface area contributed by atoms with Gasteiger partial charge in [0.2, 0.25) is 3.79 Å². The predicted molar refractivity (Wildman–Crippen MR) is 57.2 cm³/mol. The van der Waals surface area contributed by atoms with E-state index in [0.717, 1.165) is 0 Å². The van der Waals surface area contributed by atoms with Crippen molar-refractivity contribution < 1.29 is 0 Å². The molecule has 0 N–H and O–H groups in total. The summed E-state index contributed by atoms with van der Waals surface area (Å²) in [5.41, 5.74) is 0. The van der Waals surface area contributed by atoms with Crippen molar-refractivity contribution in [1.29, 1.82) is 0 Å². The van der Waals surface area contributed by atoms with Crippen LogP contribution in [-0.2, 0) is 0 Å². The molecule has 0 atom stereocenters. The second-order valence-corrected chi connectivity index (χ2v) is 7.39. The van der Waals surface area contributed by atoms with E-state index in [2.05, 4.69) is 0 Å². The van der Waals surface area contributed by atoms with Crippen molar-refractivity contribution >= 4 is 92.8 Å². The van der Waals surface area contributed by atoms with Crippen LogP contribution in [0.4, 0.5) is 0 Å². The summed E-state index contributed by atoms with van der Waals surface area (Å²) >= 11 is 39.7. The van der Waals surface area contributed by atoms with Gasteiger partial charge in [-0.2, -0.15) is 0 Å². The minimum Gasteiger partial charge on any atom is -0.122 e. The Balaban J connectivity index is 0. The van der Waals surface area contributed by atoms with Gasteiger partial charge in [0.25, 0.3) is 3.25 Å². The topological polar surface area (TPSA) is 0 Å². The molecule has 8 heteroatoms. The number of halogens is 8. The molecule has 0 unspecified atom stereocenters. The molecule has 0 amide bonds. The lowest BCUT2D eigenvalue weighted by Crippen LogP contribution is -2.01. The van der Waals surface area contributed by atoms with E-state index in [0.29, 0.717) is 0 Å². The van der Waals surface area contributed by atoms with Gasteiger partial charge in [0.1, 0.15) is 0 Å². The summed E-state index contributed by atoms with van der Waals surface area (Å²) in [7, 11) is 0. The second kappa shape index (κ2) is 6.73. The third kappa shape index (κ3) is 46.4. The quantitative estimate of drug-likeness (QED) is 0.541. The van der Waals surface area contributed by atoms with Gasteiger partial charge >= 0.3 is 0 Å². The average molecular weight is 322 g/mol. The van der Waals surface area contributed by atoms with Gasteiger partial charge in [-0.15, -0.1) is 11.6 Å². The molecule has 11 heavy (non-hydrogen) atoms. The molecule has 0 aliphatic heterocycles. The highest BCUT2D eigenvalue weighted by Gasteiger charge is 2.16. The van der Waals surface area contributed by atoms with E-state index >= 15 is 0 Å². The Labute approximate surface area is 105 Å². The molecule has 0 radical (unpaired) electrons. The monoisotopic (exact) mass is 318 g/mol. The van der Waals surface area contributed by atoms with Gasteiger partial charge in [-0.25, -0.2) is 0 Å². The van der Waals surface area contributed by atoms with Gasteiger partial charge in [-0.05, 0) is 0 Å². The standard InChI is InChI=1S/C2H2Cl4.CCl4/c3-1-2(4,5)6;2-1(3,4)5/h1H2;. The Morgan fingerprint density at radius 1 is 0.727 bits per heavy atom. The first-order valence-corrected chi connectivity index (χ1v) is 5.12. The van der Waals surface area contributed by atoms with E-state index in [4.69, 9.17) is 92.8 Å². The molecule has 0 heterocycles. The molecule has 0 aliphatic carbocycles. The molecule has 0 spiro atoms. The SMILES string of the molecule is ClC(Cl)(Cl)Cl.ClCC(Cl)(Cl)Cl. The zero-order valence-electron chi connectivity index (χ0n) is 4.73. The summed E-state index contributed by atoms with van der Waals surface area (Å²) in [5.74, 6) is 0.0394. The maximum absolute atomic E-state index is 5.12. The van der Waals surface area contributed by atoms with Gasteiger partial charge in [-0.3, -0.25) is 0 Å². The van der Waals surface area contributed by atoms with Crippen molar-refractivity contribution in [1.82, 2.24) is 0 Å². The Bertz CT molecular complexity index is 80.5. The molecule has 0 saturated carbocycles. The van der Waals surface area contributed by atoms with Crippen LogP contribution < -0.4 is 0 Å². The van der Waals surface area contributed by atoms with Crippen LogP contribution in [0.3, 0.4) is 0 Å². The largest absolute Gasteiger partial charge is 0.266 e. The van der Waals surface area contributed by atoms with Crippen molar-refractivity contribution in [3.05, 3.63) is 0 Å². The molecule has 0 aromatic heterocycles. The normalized spacial score (nSPS) is 12.0. The summed E-state index contributed by atoms with van der Waals surface area (Å²) in [6.07, 6.45) is 0. The van der Waals surface area contributed by atoms with Crippen LogP contribution in [-0.4, -0.2) is 12.9 Å². The molecular formula is C3H2Cl8. The van der Waals surface area contributed by atoms with Crippen molar-refractivity contribution in [2.24, 2.45) is 0 Å². The smallest absolute Gasteiger partial charge is 0.122 e. The van der Waals surface area contributed by atoms with Crippen LogP contribution in [0.2, 0.25) is 0 Å². The van der Waals surface area contributed by atoms with E-state index in [9.17, 15) is 0 Å². The fraction of sp³-hybridized carbons (Fsp3) is 1.00. The van der Waals surface area contributed by atoms with Crippen LogP contribution in [0.5, 0.6) is 0 Å². The molecule has 0 bridgehead atoms. The van der Waals surface area contributed by atoms with Crippen LogP contribution in [0.1, 0.15) is 0 Å². The van der Waals surface area contributed by atoms with Crippen molar-refractivity contribution in [3.63, 3.8) is 0 Å². The summed E-state index contributed by atoms with van der Waals surface area (Å²) in [4.78, 5) is 0. The molecule has 0 fully saturated rings. The van der Waals surface area contributed by atoms with Crippen LogP contribution >= 0.6 is 92.8 Å². The zero-order chi connectivity index (χ0) is 9.71. The molecule has 0 nitrogen and oxygen atoms in total. The molecule has 0 aromatic rings. The van der Waals surface area contributed by atoms with Gasteiger partial charge in [-0.1, -0.05) is 81.2 Å². The van der Waals surface area contributed by atoms with Crippen LogP contribution in [0.25, 0.3) is 0 Å². The third-order valence-corrected chi connectivity index (χ3v) is 1.36.